The molecule has 5 rings (SSSR count). The number of carbonyl (C=O) groups is 4. The fraction of sp³-hybridized carbons (Fsp3) is 0.571. The summed E-state index contributed by atoms with van der Waals surface area (Å²) in [5, 5.41) is 9.77. The van der Waals surface area contributed by atoms with Crippen LogP contribution in [0.3, 0.4) is 0 Å². The smallest absolute Gasteiger partial charge is 0.457 e. The Bertz CT molecular complexity index is 1250. The molecule has 8 nitrogen and oxygen atoms in total. The molecule has 4 aliphatic carbocycles. The predicted octanol–water partition coefficient (Wildman–Crippen LogP) is 5.57. The van der Waals surface area contributed by atoms with Crippen LogP contribution in [-0.2, 0) is 19.1 Å². The van der Waals surface area contributed by atoms with Crippen molar-refractivity contribution < 1.29 is 38.2 Å². The molecule has 8 atom stereocenters. The summed E-state index contributed by atoms with van der Waals surface area (Å²) < 4.78 is 16.9. The van der Waals surface area contributed by atoms with Gasteiger partial charge < -0.3 is 19.0 Å². The third kappa shape index (κ3) is 3.41. The third-order valence-electron chi connectivity index (χ3n) is 9.91. The van der Waals surface area contributed by atoms with E-state index in [0.29, 0.717) is 19.3 Å². The Morgan fingerprint density at radius 2 is 1.97 bits per heavy atom. The minimum Gasteiger partial charge on any atom is -0.457 e. The summed E-state index contributed by atoms with van der Waals surface area (Å²) in [6.07, 6.45) is 5.22. The highest BCUT2D eigenvalue weighted by molar-refractivity contribution is 6.29. The van der Waals surface area contributed by atoms with Crippen LogP contribution in [0.15, 0.2) is 46.6 Å². The van der Waals surface area contributed by atoms with Gasteiger partial charge in [0.05, 0.1) is 17.0 Å². The Balaban J connectivity index is 1.67. The van der Waals surface area contributed by atoms with E-state index >= 15 is 0 Å². The van der Waals surface area contributed by atoms with Gasteiger partial charge in [0, 0.05) is 16.7 Å². The molecule has 3 fully saturated rings. The van der Waals surface area contributed by atoms with E-state index in [1.54, 1.807) is 18.2 Å². The Morgan fingerprint density at radius 3 is 2.61 bits per heavy atom. The topological polar surface area (TPSA) is 120 Å². The first-order chi connectivity index (χ1) is 17.8. The highest BCUT2D eigenvalue weighted by Gasteiger charge is 2.77. The van der Waals surface area contributed by atoms with Gasteiger partial charge in [0.25, 0.3) is 0 Å². The van der Waals surface area contributed by atoms with Crippen LogP contribution in [0.25, 0.3) is 0 Å². The second-order valence-corrected chi connectivity index (χ2v) is 12.3. The van der Waals surface area contributed by atoms with E-state index in [0.717, 1.165) is 5.57 Å². The quantitative estimate of drug-likeness (QED) is 0.364. The molecule has 10 heteroatoms. The number of Topliss-reactive ketones (excluding diaryl/α,β-unsaturated/α-hetero) is 1. The number of carboxylic acid groups (broad SMARTS) is 1. The van der Waals surface area contributed by atoms with Gasteiger partial charge in [-0.2, -0.15) is 0 Å². The van der Waals surface area contributed by atoms with Gasteiger partial charge in [-0.25, -0.2) is 9.59 Å². The van der Waals surface area contributed by atoms with Crippen LogP contribution in [0.5, 0.6) is 0 Å². The molecule has 0 spiro atoms. The number of rotatable bonds is 5. The van der Waals surface area contributed by atoms with E-state index in [4.69, 9.17) is 37.1 Å². The number of hydrogen-bond donors (Lipinski definition) is 1. The average molecular weight is 565 g/mol. The fourth-order valence-corrected chi connectivity index (χ4v) is 9.07. The molecule has 1 N–H and O–H groups in total. The number of furan rings is 1. The minimum atomic E-state index is -1.66. The Morgan fingerprint density at radius 1 is 1.24 bits per heavy atom. The van der Waals surface area contributed by atoms with Crippen LogP contribution in [0, 0.1) is 28.6 Å². The molecule has 1 heterocycles. The van der Waals surface area contributed by atoms with Crippen molar-refractivity contribution in [1.82, 2.24) is 0 Å². The largest absolute Gasteiger partial charge is 0.506 e. The summed E-state index contributed by atoms with van der Waals surface area (Å²) in [6.45, 7) is 5.61. The molecular weight excluding hydrogens is 535 g/mol. The second-order valence-electron chi connectivity index (χ2n) is 11.4. The summed E-state index contributed by atoms with van der Waals surface area (Å²) >= 11 is 13.7. The van der Waals surface area contributed by atoms with Crippen molar-refractivity contribution in [2.45, 2.75) is 63.0 Å². The zero-order chi connectivity index (χ0) is 27.7. The normalized spacial score (nSPS) is 41.4. The summed E-state index contributed by atoms with van der Waals surface area (Å²) in [4.78, 5) is 49.9. The predicted molar refractivity (Wildman–Crippen MR) is 137 cm³/mol. The van der Waals surface area contributed by atoms with Crippen molar-refractivity contribution in [2.75, 3.05) is 5.88 Å². The maximum absolute atomic E-state index is 13.7. The van der Waals surface area contributed by atoms with Crippen LogP contribution in [0.4, 0.5) is 4.79 Å². The molecule has 0 aromatic carbocycles. The summed E-state index contributed by atoms with van der Waals surface area (Å²) in [7, 11) is 0. The Kier molecular flexibility index (Phi) is 6.38. The van der Waals surface area contributed by atoms with Crippen LogP contribution >= 0.6 is 23.2 Å². The van der Waals surface area contributed by atoms with E-state index in [1.807, 2.05) is 20.8 Å². The lowest BCUT2D eigenvalue weighted by Gasteiger charge is -2.64. The van der Waals surface area contributed by atoms with Gasteiger partial charge in [-0.15, -0.1) is 23.2 Å². The van der Waals surface area contributed by atoms with Crippen molar-refractivity contribution in [2.24, 2.45) is 28.6 Å². The van der Waals surface area contributed by atoms with Gasteiger partial charge in [0.1, 0.15) is 6.10 Å². The van der Waals surface area contributed by atoms with Crippen molar-refractivity contribution in [3.8, 4) is 0 Å². The lowest BCUT2D eigenvalue weighted by molar-refractivity contribution is -0.178. The van der Waals surface area contributed by atoms with Crippen LogP contribution in [0.1, 0.15) is 57.0 Å². The van der Waals surface area contributed by atoms with Gasteiger partial charge in [-0.05, 0) is 61.8 Å². The minimum absolute atomic E-state index is 0.0209. The molecule has 1 aromatic heterocycles. The van der Waals surface area contributed by atoms with Crippen molar-refractivity contribution >= 4 is 46.9 Å². The first-order valence-corrected chi connectivity index (χ1v) is 13.6. The van der Waals surface area contributed by atoms with Crippen LogP contribution < -0.4 is 0 Å². The lowest BCUT2D eigenvalue weighted by atomic mass is 9.45. The van der Waals surface area contributed by atoms with Crippen molar-refractivity contribution in [3.05, 3.63) is 48.0 Å². The maximum atomic E-state index is 13.7. The van der Waals surface area contributed by atoms with Crippen LogP contribution in [0.2, 0.25) is 0 Å². The summed E-state index contributed by atoms with van der Waals surface area (Å²) in [5.41, 5.74) is -2.73. The molecular formula is C28H30Cl2O8. The Hall–Kier alpha value is -2.58. The maximum Gasteiger partial charge on any atom is 0.506 e. The molecule has 3 saturated carbocycles. The third-order valence-corrected chi connectivity index (χ3v) is 11.1. The molecule has 0 aliphatic heterocycles. The zero-order valence-electron chi connectivity index (χ0n) is 21.4. The van der Waals surface area contributed by atoms with E-state index in [2.05, 4.69) is 0 Å². The molecule has 4 aliphatic rings. The highest BCUT2D eigenvalue weighted by Crippen LogP contribution is 2.72. The highest BCUT2D eigenvalue weighted by atomic mass is 35.5. The lowest BCUT2D eigenvalue weighted by Crippen LogP contribution is -2.70. The van der Waals surface area contributed by atoms with Crippen molar-refractivity contribution in [3.63, 3.8) is 0 Å². The fourth-order valence-electron chi connectivity index (χ4n) is 8.30. The van der Waals surface area contributed by atoms with Gasteiger partial charge in [-0.3, -0.25) is 9.59 Å². The van der Waals surface area contributed by atoms with Gasteiger partial charge in [0.2, 0.25) is 5.76 Å². The number of alkyl halides is 2. The molecule has 0 radical (unpaired) electrons. The standard InChI is InChI=1S/C28H30Cl2O8/c1-15-11-19-18-7-6-16-12-17(31)8-9-25(16,2)27(18,30)22(37-24(34)35)13-26(19,3)28(15,21(32)14-29)38-23(33)20-5-4-10-36-20/h4-5,8-10,12,15,18-19,22H,6-7,11,13-14H2,1-3H3,(H,34,35)/t15-,18+,19+,22+,25+,26+,27?,28+/m1/s1. The molecule has 204 valence electrons. The Labute approximate surface area is 230 Å². The molecule has 0 saturated heterocycles. The monoisotopic (exact) mass is 564 g/mol. The van der Waals surface area contributed by atoms with Gasteiger partial charge in [-0.1, -0.05) is 32.4 Å². The van der Waals surface area contributed by atoms with E-state index in [-0.39, 0.29) is 29.8 Å². The number of fused-ring (bicyclic) bond motifs is 5. The second kappa shape index (κ2) is 8.98. The summed E-state index contributed by atoms with van der Waals surface area (Å²) in [6, 6.07) is 3.00. The van der Waals surface area contributed by atoms with Gasteiger partial charge >= 0.3 is 12.1 Å². The van der Waals surface area contributed by atoms with Gasteiger partial charge in [0.15, 0.2) is 17.2 Å². The molecule has 0 amide bonds. The SMILES string of the molecule is C[C@@H]1C[C@H]2[C@@H]3CCC4=CC(=O)C=C[C@]4(C)C3(Cl)[C@@H](OC(=O)O)C[C@]2(C)[C@@]1(OC(=O)c1ccco1)C(=O)CCl. The molecule has 38 heavy (non-hydrogen) atoms. The first kappa shape index (κ1) is 27.0. The van der Waals surface area contributed by atoms with E-state index < -0.39 is 57.1 Å². The number of carbonyl (C=O) groups excluding carboxylic acids is 3. The number of halogens is 2. The average Bonchev–Trinajstić information content (AvgIpc) is 3.47. The number of ketones is 2. The molecule has 1 unspecified atom stereocenters. The number of esters is 1. The summed E-state index contributed by atoms with van der Waals surface area (Å²) in [5.74, 6) is -2.84. The van der Waals surface area contributed by atoms with E-state index in [9.17, 15) is 24.3 Å². The number of allylic oxidation sites excluding steroid dienone is 4. The number of ether oxygens (including phenoxy) is 2. The zero-order valence-corrected chi connectivity index (χ0v) is 22.9. The number of hydrogen-bond acceptors (Lipinski definition) is 7. The van der Waals surface area contributed by atoms with E-state index in [1.165, 1.54) is 18.4 Å². The first-order valence-electron chi connectivity index (χ1n) is 12.7. The van der Waals surface area contributed by atoms with Crippen molar-refractivity contribution in [1.29, 1.82) is 0 Å². The molecule has 1 aromatic rings. The molecule has 0 bridgehead atoms. The van der Waals surface area contributed by atoms with Crippen LogP contribution in [-0.4, -0.2) is 51.3 Å².